The largest absolute Gasteiger partial charge is 0.316 e. The van der Waals surface area contributed by atoms with Gasteiger partial charge in [0, 0.05) is 23.5 Å². The smallest absolute Gasteiger partial charge is 0.165 e. The minimum Gasteiger partial charge on any atom is -0.316 e. The number of imidazole rings is 1. The van der Waals surface area contributed by atoms with Gasteiger partial charge in [0.05, 0.1) is 0 Å². The first-order valence-electron chi connectivity index (χ1n) is 7.44. The summed E-state index contributed by atoms with van der Waals surface area (Å²) >= 11 is 1.80. The number of nitrogens with one attached hydrogen (secondary N) is 1. The van der Waals surface area contributed by atoms with Crippen molar-refractivity contribution in [3.05, 3.63) is 41.2 Å². The summed E-state index contributed by atoms with van der Waals surface area (Å²) in [5.74, 6) is 1.62. The van der Waals surface area contributed by atoms with Gasteiger partial charge >= 0.3 is 0 Å². The van der Waals surface area contributed by atoms with Crippen LogP contribution in [-0.2, 0) is 0 Å². The number of rotatable bonds is 2. The molecule has 0 spiro atoms. The summed E-state index contributed by atoms with van der Waals surface area (Å²) in [6.45, 7) is 4.27. The van der Waals surface area contributed by atoms with Crippen LogP contribution in [0.5, 0.6) is 0 Å². The second-order valence-electron chi connectivity index (χ2n) is 5.58. The summed E-state index contributed by atoms with van der Waals surface area (Å²) in [4.78, 5) is 10.8. The van der Waals surface area contributed by atoms with Gasteiger partial charge in [-0.25, -0.2) is 9.97 Å². The predicted octanol–water partition coefficient (Wildman–Crippen LogP) is 3.26. The molecule has 0 saturated carbocycles. The monoisotopic (exact) mass is 298 g/mol. The van der Waals surface area contributed by atoms with Crippen LogP contribution >= 0.6 is 11.3 Å². The molecule has 4 heterocycles. The lowest BCUT2D eigenvalue weighted by Gasteiger charge is -2.22. The number of nitrogens with zero attached hydrogens (tertiary/aromatic N) is 3. The fourth-order valence-corrected chi connectivity index (χ4v) is 3.91. The van der Waals surface area contributed by atoms with Gasteiger partial charge in [-0.2, -0.15) is 0 Å². The fourth-order valence-electron chi connectivity index (χ4n) is 3.04. The average Bonchev–Trinajstić information content (AvgIpc) is 3.11. The van der Waals surface area contributed by atoms with Crippen molar-refractivity contribution in [1.82, 2.24) is 19.9 Å². The maximum Gasteiger partial charge on any atom is 0.165 e. The molecule has 0 radical (unpaired) electrons. The molecule has 3 aromatic rings. The van der Waals surface area contributed by atoms with Gasteiger partial charge in [0.15, 0.2) is 5.65 Å². The Morgan fingerprint density at radius 3 is 3.05 bits per heavy atom. The van der Waals surface area contributed by atoms with Crippen LogP contribution in [0.4, 0.5) is 0 Å². The highest BCUT2D eigenvalue weighted by atomic mass is 32.1. The van der Waals surface area contributed by atoms with E-state index in [0.717, 1.165) is 30.1 Å². The molecular weight excluding hydrogens is 280 g/mol. The van der Waals surface area contributed by atoms with Crippen molar-refractivity contribution in [3.63, 3.8) is 0 Å². The number of piperidine rings is 1. The molecule has 1 unspecified atom stereocenters. The normalized spacial score (nSPS) is 19.2. The molecule has 108 valence electrons. The van der Waals surface area contributed by atoms with Crippen molar-refractivity contribution in [1.29, 1.82) is 0 Å². The van der Waals surface area contributed by atoms with E-state index < -0.39 is 0 Å². The number of pyridine rings is 1. The summed E-state index contributed by atoms with van der Waals surface area (Å²) < 4.78 is 2.25. The van der Waals surface area contributed by atoms with E-state index in [0.29, 0.717) is 5.92 Å². The molecule has 5 heteroatoms. The Hall–Kier alpha value is -1.72. The van der Waals surface area contributed by atoms with Gasteiger partial charge in [-0.05, 0) is 50.6 Å². The van der Waals surface area contributed by atoms with Crippen LogP contribution in [0, 0.1) is 6.92 Å². The summed E-state index contributed by atoms with van der Waals surface area (Å²) in [5, 5.41) is 4.71. The fraction of sp³-hybridized carbons (Fsp3) is 0.375. The van der Waals surface area contributed by atoms with Gasteiger partial charge in [-0.3, -0.25) is 4.57 Å². The van der Waals surface area contributed by atoms with Crippen molar-refractivity contribution in [3.8, 4) is 5.00 Å². The van der Waals surface area contributed by atoms with Gasteiger partial charge < -0.3 is 5.32 Å². The Morgan fingerprint density at radius 1 is 1.33 bits per heavy atom. The van der Waals surface area contributed by atoms with Gasteiger partial charge in [0.25, 0.3) is 0 Å². The van der Waals surface area contributed by atoms with Crippen LogP contribution in [0.25, 0.3) is 16.2 Å². The highest BCUT2D eigenvalue weighted by Crippen LogP contribution is 2.31. The summed E-state index contributed by atoms with van der Waals surface area (Å²) in [7, 11) is 0. The van der Waals surface area contributed by atoms with Gasteiger partial charge in [0.1, 0.15) is 16.3 Å². The Morgan fingerprint density at radius 2 is 2.29 bits per heavy atom. The number of fused-ring (bicyclic) bond motifs is 1. The summed E-state index contributed by atoms with van der Waals surface area (Å²) in [6.07, 6.45) is 4.26. The minimum atomic E-state index is 0.468. The van der Waals surface area contributed by atoms with E-state index in [2.05, 4.69) is 40.0 Å². The lowest BCUT2D eigenvalue weighted by Crippen LogP contribution is -2.29. The first kappa shape index (κ1) is 13.0. The molecule has 1 saturated heterocycles. The first-order valence-corrected chi connectivity index (χ1v) is 8.25. The van der Waals surface area contributed by atoms with Gasteiger partial charge in [-0.15, -0.1) is 11.3 Å². The molecule has 3 aromatic heterocycles. The lowest BCUT2D eigenvalue weighted by atomic mass is 9.99. The molecule has 1 fully saturated rings. The molecule has 21 heavy (non-hydrogen) atoms. The molecule has 1 aliphatic heterocycles. The molecule has 1 N–H and O–H groups in total. The van der Waals surface area contributed by atoms with Crippen molar-refractivity contribution in [2.45, 2.75) is 25.7 Å². The van der Waals surface area contributed by atoms with Crippen LogP contribution in [-0.4, -0.2) is 27.6 Å². The van der Waals surface area contributed by atoms with Crippen molar-refractivity contribution in [2.75, 3.05) is 13.1 Å². The SMILES string of the molecule is Cc1ccc(-n2c(C3CCCNC3)nc3cccnc32)s1. The molecule has 0 aromatic carbocycles. The Kier molecular flexibility index (Phi) is 3.24. The molecule has 4 rings (SSSR count). The topological polar surface area (TPSA) is 42.7 Å². The lowest BCUT2D eigenvalue weighted by molar-refractivity contribution is 0.444. The Balaban J connectivity index is 1.92. The van der Waals surface area contributed by atoms with E-state index in [1.807, 2.05) is 12.3 Å². The van der Waals surface area contributed by atoms with E-state index in [-0.39, 0.29) is 0 Å². The van der Waals surface area contributed by atoms with Gasteiger partial charge in [-0.1, -0.05) is 0 Å². The quantitative estimate of drug-likeness (QED) is 0.789. The molecule has 0 amide bonds. The summed E-state index contributed by atoms with van der Waals surface area (Å²) in [6, 6.07) is 8.36. The first-order chi connectivity index (χ1) is 10.3. The van der Waals surface area contributed by atoms with Crippen LogP contribution in [0.1, 0.15) is 29.5 Å². The maximum atomic E-state index is 4.89. The number of aromatic nitrogens is 3. The Labute approximate surface area is 127 Å². The van der Waals surface area contributed by atoms with E-state index >= 15 is 0 Å². The van der Waals surface area contributed by atoms with Gasteiger partial charge in [0.2, 0.25) is 0 Å². The van der Waals surface area contributed by atoms with Crippen molar-refractivity contribution >= 4 is 22.5 Å². The second-order valence-corrected chi connectivity index (χ2v) is 6.85. The van der Waals surface area contributed by atoms with Crippen molar-refractivity contribution in [2.24, 2.45) is 0 Å². The van der Waals surface area contributed by atoms with E-state index in [9.17, 15) is 0 Å². The zero-order chi connectivity index (χ0) is 14.2. The third kappa shape index (κ3) is 2.26. The number of hydrogen-bond donors (Lipinski definition) is 1. The zero-order valence-corrected chi connectivity index (χ0v) is 12.9. The standard InChI is InChI=1S/C16H18N4S/c1-11-6-7-14(21-11)20-15(12-4-2-8-17-10-12)19-13-5-3-9-18-16(13)20/h3,5-7,9,12,17H,2,4,8,10H2,1H3. The third-order valence-corrected chi connectivity index (χ3v) is 5.04. The number of hydrogen-bond acceptors (Lipinski definition) is 4. The second kappa shape index (κ2) is 5.24. The van der Waals surface area contributed by atoms with E-state index in [4.69, 9.17) is 4.98 Å². The van der Waals surface area contributed by atoms with Crippen LogP contribution in [0.3, 0.4) is 0 Å². The minimum absolute atomic E-state index is 0.468. The molecule has 1 aliphatic rings. The molecule has 4 nitrogen and oxygen atoms in total. The molecule has 1 atom stereocenters. The zero-order valence-electron chi connectivity index (χ0n) is 12.0. The number of aryl methyl sites for hydroxylation is 1. The summed E-state index contributed by atoms with van der Waals surface area (Å²) in [5.41, 5.74) is 1.96. The van der Waals surface area contributed by atoms with Crippen LogP contribution in [0.15, 0.2) is 30.5 Å². The highest BCUT2D eigenvalue weighted by Gasteiger charge is 2.24. The van der Waals surface area contributed by atoms with Crippen LogP contribution < -0.4 is 5.32 Å². The van der Waals surface area contributed by atoms with Crippen LogP contribution in [0.2, 0.25) is 0 Å². The average molecular weight is 298 g/mol. The van der Waals surface area contributed by atoms with Crippen molar-refractivity contribution < 1.29 is 0 Å². The Bertz CT molecular complexity index is 768. The van der Waals surface area contributed by atoms with E-state index in [1.54, 1.807) is 11.3 Å². The number of thiophene rings is 1. The van der Waals surface area contributed by atoms with E-state index in [1.165, 1.54) is 22.7 Å². The predicted molar refractivity (Wildman–Crippen MR) is 86.3 cm³/mol. The maximum absolute atomic E-state index is 4.89. The highest BCUT2D eigenvalue weighted by molar-refractivity contribution is 7.14. The molecule has 0 bridgehead atoms. The molecular formula is C16H18N4S. The molecule has 0 aliphatic carbocycles. The third-order valence-electron chi connectivity index (χ3n) is 4.05.